The van der Waals surface area contributed by atoms with Crippen LogP contribution in [0.3, 0.4) is 0 Å². The highest BCUT2D eigenvalue weighted by Crippen LogP contribution is 2.75. The fourth-order valence-electron chi connectivity index (χ4n) is 11.0. The molecule has 188 valence electrons. The summed E-state index contributed by atoms with van der Waals surface area (Å²) < 4.78 is 0. The first-order chi connectivity index (χ1) is 15.1. The van der Waals surface area contributed by atoms with Gasteiger partial charge in [0.2, 0.25) is 0 Å². The Kier molecular flexibility index (Phi) is 5.23. The first-order valence-corrected chi connectivity index (χ1v) is 13.9. The van der Waals surface area contributed by atoms with E-state index in [1.165, 1.54) is 12.8 Å². The third-order valence-electron chi connectivity index (χ3n) is 13.5. The van der Waals surface area contributed by atoms with Crippen molar-refractivity contribution in [3.63, 3.8) is 0 Å². The molecule has 3 heteroatoms. The van der Waals surface area contributed by atoms with E-state index in [1.807, 2.05) is 0 Å². The lowest BCUT2D eigenvalue weighted by atomic mass is 9.33. The van der Waals surface area contributed by atoms with Gasteiger partial charge in [0.1, 0.15) is 0 Å². The van der Waals surface area contributed by atoms with Crippen LogP contribution in [0.2, 0.25) is 0 Å². The number of fused-ring (bicyclic) bond motifs is 7. The van der Waals surface area contributed by atoms with E-state index in [9.17, 15) is 15.3 Å². The van der Waals surface area contributed by atoms with E-state index in [0.717, 1.165) is 25.7 Å². The fraction of sp³-hybridized carbons (Fsp3) is 0.933. The maximum absolute atomic E-state index is 11.7. The summed E-state index contributed by atoms with van der Waals surface area (Å²) in [6.45, 7) is 19.0. The molecule has 5 aliphatic rings. The summed E-state index contributed by atoms with van der Waals surface area (Å²) in [6.07, 6.45) is 8.78. The van der Waals surface area contributed by atoms with Crippen LogP contribution in [0.25, 0.3) is 0 Å². The van der Waals surface area contributed by atoms with Crippen LogP contribution in [-0.2, 0) is 0 Å². The van der Waals surface area contributed by atoms with Gasteiger partial charge < -0.3 is 15.3 Å². The molecule has 0 aromatic heterocycles. The van der Waals surface area contributed by atoms with Crippen molar-refractivity contribution in [1.29, 1.82) is 0 Å². The SMILES string of the molecule is C[C@H]1[C@H](C)[C@@H](O)C[C@@]2(C)[C@@H]1C1=CC[C@H]3[C@@]4(C)CC[C@H](O)C(C)(C)[C@@H]4CC[C@@]3(C)[C@]1(C)C[C@@H]2O. The van der Waals surface area contributed by atoms with Gasteiger partial charge in [0.25, 0.3) is 0 Å². The van der Waals surface area contributed by atoms with Crippen molar-refractivity contribution in [2.75, 3.05) is 0 Å². The van der Waals surface area contributed by atoms with Gasteiger partial charge in [-0.3, -0.25) is 0 Å². The minimum Gasteiger partial charge on any atom is -0.393 e. The quantitative estimate of drug-likeness (QED) is 0.392. The van der Waals surface area contributed by atoms with E-state index < -0.39 is 0 Å². The molecule has 4 fully saturated rings. The topological polar surface area (TPSA) is 60.7 Å². The monoisotopic (exact) mass is 458 g/mol. The highest BCUT2D eigenvalue weighted by atomic mass is 16.3. The summed E-state index contributed by atoms with van der Waals surface area (Å²) in [6, 6.07) is 0. The predicted molar refractivity (Wildman–Crippen MR) is 133 cm³/mol. The van der Waals surface area contributed by atoms with Crippen molar-refractivity contribution in [1.82, 2.24) is 0 Å². The lowest BCUT2D eigenvalue weighted by Crippen LogP contribution is -2.67. The molecule has 0 aromatic carbocycles. The number of allylic oxidation sites excluding steroid dienone is 2. The Balaban J connectivity index is 1.61. The number of hydrogen-bond donors (Lipinski definition) is 3. The second-order valence-electron chi connectivity index (χ2n) is 14.9. The highest BCUT2D eigenvalue weighted by Gasteiger charge is 2.69. The van der Waals surface area contributed by atoms with Gasteiger partial charge in [-0.05, 0) is 96.2 Å². The summed E-state index contributed by atoms with van der Waals surface area (Å²) in [5, 5.41) is 33.5. The average Bonchev–Trinajstić information content (AvgIpc) is 2.71. The second kappa shape index (κ2) is 7.10. The fourth-order valence-corrected chi connectivity index (χ4v) is 11.0. The van der Waals surface area contributed by atoms with E-state index in [-0.39, 0.29) is 51.3 Å². The van der Waals surface area contributed by atoms with Gasteiger partial charge in [0.05, 0.1) is 18.3 Å². The van der Waals surface area contributed by atoms with Crippen LogP contribution < -0.4 is 0 Å². The van der Waals surface area contributed by atoms with Crippen molar-refractivity contribution in [3.8, 4) is 0 Å². The smallest absolute Gasteiger partial charge is 0.0609 e. The predicted octanol–water partition coefficient (Wildman–Crippen LogP) is 5.97. The molecule has 3 N–H and O–H groups in total. The molecule has 33 heavy (non-hydrogen) atoms. The first-order valence-electron chi connectivity index (χ1n) is 13.9. The molecule has 0 aromatic rings. The van der Waals surface area contributed by atoms with Crippen LogP contribution in [0, 0.1) is 56.7 Å². The molecule has 0 aliphatic heterocycles. The zero-order chi connectivity index (χ0) is 24.4. The molecular weight excluding hydrogens is 408 g/mol. The normalized spacial score (nSPS) is 60.0. The lowest BCUT2D eigenvalue weighted by Gasteiger charge is -2.72. The Bertz CT molecular complexity index is 847. The van der Waals surface area contributed by atoms with Crippen molar-refractivity contribution in [2.24, 2.45) is 56.7 Å². The zero-order valence-electron chi connectivity index (χ0n) is 22.5. The molecular formula is C30H50O3. The minimum absolute atomic E-state index is 0.00995. The Hall–Kier alpha value is -0.380. The molecule has 0 saturated heterocycles. The molecule has 0 bridgehead atoms. The van der Waals surface area contributed by atoms with Gasteiger partial charge in [-0.1, -0.05) is 67.0 Å². The van der Waals surface area contributed by atoms with E-state index >= 15 is 0 Å². The van der Waals surface area contributed by atoms with E-state index in [1.54, 1.807) is 5.57 Å². The van der Waals surface area contributed by atoms with Gasteiger partial charge in [-0.15, -0.1) is 0 Å². The molecule has 5 aliphatic carbocycles. The molecule has 12 atom stereocenters. The molecule has 0 unspecified atom stereocenters. The summed E-state index contributed by atoms with van der Waals surface area (Å²) in [5.74, 6) is 2.11. The Labute approximate surface area is 202 Å². The summed E-state index contributed by atoms with van der Waals surface area (Å²) in [4.78, 5) is 0. The number of aliphatic hydroxyl groups excluding tert-OH is 3. The van der Waals surface area contributed by atoms with Crippen LogP contribution in [0.15, 0.2) is 11.6 Å². The number of rotatable bonds is 0. The van der Waals surface area contributed by atoms with Crippen LogP contribution >= 0.6 is 0 Å². The van der Waals surface area contributed by atoms with Gasteiger partial charge in [0.15, 0.2) is 0 Å². The third-order valence-corrected chi connectivity index (χ3v) is 13.5. The minimum atomic E-state index is -0.375. The molecule has 0 spiro atoms. The van der Waals surface area contributed by atoms with E-state index in [4.69, 9.17) is 0 Å². The Morgan fingerprint density at radius 3 is 2.09 bits per heavy atom. The van der Waals surface area contributed by atoms with Crippen LogP contribution in [0.4, 0.5) is 0 Å². The van der Waals surface area contributed by atoms with Gasteiger partial charge in [-0.25, -0.2) is 0 Å². The van der Waals surface area contributed by atoms with Gasteiger partial charge in [0, 0.05) is 5.41 Å². The van der Waals surface area contributed by atoms with Gasteiger partial charge >= 0.3 is 0 Å². The van der Waals surface area contributed by atoms with Crippen LogP contribution in [-0.4, -0.2) is 33.6 Å². The largest absolute Gasteiger partial charge is 0.393 e. The molecule has 3 nitrogen and oxygen atoms in total. The summed E-state index contributed by atoms with van der Waals surface area (Å²) in [7, 11) is 0. The Morgan fingerprint density at radius 2 is 1.42 bits per heavy atom. The third kappa shape index (κ3) is 2.80. The standard InChI is InChI=1S/C30H50O3/c1-17-18(2)25-19-9-10-22-27(5)13-12-23(32)26(3,4)21(27)11-14-29(22,7)30(19,8)16-24(33)28(25,6)15-20(17)31/h9,17-18,20-25,31-33H,10-16H2,1-8H3/t17-,18-,20-,21-,22-,23-,24-,25-,27-,28+,29+,30+/m0/s1. The van der Waals surface area contributed by atoms with Crippen molar-refractivity contribution in [2.45, 2.75) is 119 Å². The van der Waals surface area contributed by atoms with Gasteiger partial charge in [-0.2, -0.15) is 0 Å². The number of aliphatic hydroxyl groups is 3. The molecule has 0 amide bonds. The lowest BCUT2D eigenvalue weighted by molar-refractivity contribution is -0.219. The summed E-state index contributed by atoms with van der Waals surface area (Å²) in [5.41, 5.74) is 1.71. The maximum atomic E-state index is 11.7. The highest BCUT2D eigenvalue weighted by molar-refractivity contribution is 5.35. The molecule has 0 radical (unpaired) electrons. The molecule has 4 saturated carbocycles. The molecule has 0 heterocycles. The van der Waals surface area contributed by atoms with Crippen LogP contribution in [0.1, 0.15) is 100 Å². The van der Waals surface area contributed by atoms with E-state index in [0.29, 0.717) is 30.1 Å². The second-order valence-corrected chi connectivity index (χ2v) is 14.9. The maximum Gasteiger partial charge on any atom is 0.0609 e. The van der Waals surface area contributed by atoms with E-state index in [2.05, 4.69) is 61.5 Å². The number of hydrogen-bond acceptors (Lipinski definition) is 3. The first kappa shape index (κ1) is 24.3. The Morgan fingerprint density at radius 1 is 0.758 bits per heavy atom. The molecule has 5 rings (SSSR count). The van der Waals surface area contributed by atoms with Crippen molar-refractivity contribution < 1.29 is 15.3 Å². The van der Waals surface area contributed by atoms with Crippen LogP contribution in [0.5, 0.6) is 0 Å². The van der Waals surface area contributed by atoms with Crippen molar-refractivity contribution >= 4 is 0 Å². The van der Waals surface area contributed by atoms with Crippen molar-refractivity contribution in [3.05, 3.63) is 11.6 Å². The zero-order valence-corrected chi connectivity index (χ0v) is 22.5. The summed E-state index contributed by atoms with van der Waals surface area (Å²) >= 11 is 0. The average molecular weight is 459 g/mol.